The van der Waals surface area contributed by atoms with Crippen LogP contribution in [-0.2, 0) is 6.54 Å². The fraction of sp³-hybridized carbons (Fsp3) is 0.429. The minimum absolute atomic E-state index is 0.105. The number of ether oxygens (including phenoxy) is 3. The number of nitrogens with one attached hydrogen (secondary N) is 1. The van der Waals surface area contributed by atoms with E-state index in [0.717, 1.165) is 25.7 Å². The molecule has 0 spiro atoms. The largest absolute Gasteiger partial charge is 0.493 e. The Morgan fingerprint density at radius 1 is 1.30 bits per heavy atom. The molecule has 1 aromatic carbocycles. The van der Waals surface area contributed by atoms with Crippen molar-refractivity contribution in [3.05, 3.63) is 51.7 Å². The van der Waals surface area contributed by atoms with E-state index in [1.165, 1.54) is 19.2 Å². The second kappa shape index (κ2) is 9.91. The van der Waals surface area contributed by atoms with E-state index in [1.54, 1.807) is 19.2 Å². The number of rotatable bonds is 9. The number of carbonyl (C=O) groups excluding carboxylic acids is 1. The van der Waals surface area contributed by atoms with Crippen LogP contribution in [0.3, 0.4) is 0 Å². The smallest absolute Gasteiger partial charge is 0.286 e. The quantitative estimate of drug-likeness (QED) is 0.491. The minimum Gasteiger partial charge on any atom is -0.493 e. The Bertz CT molecular complexity index is 912. The molecule has 1 N–H and O–H groups in total. The van der Waals surface area contributed by atoms with Crippen molar-refractivity contribution in [2.45, 2.75) is 45.3 Å². The topological polar surface area (TPSA) is 113 Å². The highest BCUT2D eigenvalue weighted by Crippen LogP contribution is 2.35. The Balaban J connectivity index is 1.79. The maximum Gasteiger partial charge on any atom is 0.286 e. The number of carbonyl (C=O) groups is 1. The Labute approximate surface area is 174 Å². The maximum absolute atomic E-state index is 12.8. The monoisotopic (exact) mass is 415 g/mol. The van der Waals surface area contributed by atoms with Crippen molar-refractivity contribution in [2.75, 3.05) is 13.7 Å². The van der Waals surface area contributed by atoms with Crippen LogP contribution in [0.25, 0.3) is 0 Å². The number of nitro groups is 1. The van der Waals surface area contributed by atoms with Crippen LogP contribution in [0.2, 0.25) is 0 Å². The highest BCUT2D eigenvalue weighted by atomic mass is 16.6. The van der Waals surface area contributed by atoms with Crippen molar-refractivity contribution >= 4 is 11.6 Å². The Morgan fingerprint density at radius 2 is 2.07 bits per heavy atom. The molecule has 1 saturated carbocycles. The van der Waals surface area contributed by atoms with Crippen molar-refractivity contribution in [1.29, 1.82) is 0 Å². The van der Waals surface area contributed by atoms with Gasteiger partial charge in [-0.15, -0.1) is 0 Å². The van der Waals surface area contributed by atoms with Gasteiger partial charge in [-0.25, -0.2) is 4.98 Å². The van der Waals surface area contributed by atoms with Crippen molar-refractivity contribution in [3.63, 3.8) is 0 Å². The molecule has 0 bridgehead atoms. The van der Waals surface area contributed by atoms with Crippen molar-refractivity contribution in [3.8, 4) is 17.4 Å². The third-order valence-electron chi connectivity index (χ3n) is 4.89. The molecule has 1 aliphatic rings. The SMILES string of the molecule is CCOc1cc(C(=O)NCc2cccnc2OC2CCCC2)c([N+](=O)[O-])cc1OC. The summed E-state index contributed by atoms with van der Waals surface area (Å²) in [6.07, 6.45) is 6.00. The van der Waals surface area contributed by atoms with Gasteiger partial charge in [0.1, 0.15) is 11.7 Å². The summed E-state index contributed by atoms with van der Waals surface area (Å²) in [6.45, 7) is 2.23. The van der Waals surface area contributed by atoms with Crippen LogP contribution in [0.15, 0.2) is 30.5 Å². The number of amides is 1. The molecule has 2 aromatic rings. The predicted molar refractivity (Wildman–Crippen MR) is 109 cm³/mol. The van der Waals surface area contributed by atoms with Gasteiger partial charge in [-0.1, -0.05) is 6.07 Å². The summed E-state index contributed by atoms with van der Waals surface area (Å²) in [5.74, 6) is 0.340. The standard InChI is InChI=1S/C21H25N3O6/c1-3-29-19-11-16(17(24(26)27)12-18(19)28-2)20(25)23-13-14-7-6-10-22-21(14)30-15-8-4-5-9-15/h6-7,10-12,15H,3-5,8-9,13H2,1-2H3,(H,23,25). The molecule has 9 heteroatoms. The highest BCUT2D eigenvalue weighted by Gasteiger charge is 2.25. The van der Waals surface area contributed by atoms with Gasteiger partial charge in [0.25, 0.3) is 11.6 Å². The lowest BCUT2D eigenvalue weighted by Crippen LogP contribution is -2.25. The van der Waals surface area contributed by atoms with E-state index in [-0.39, 0.29) is 35.4 Å². The number of methoxy groups -OCH3 is 1. The first-order valence-corrected chi connectivity index (χ1v) is 9.91. The number of aromatic nitrogens is 1. The van der Waals surface area contributed by atoms with E-state index in [4.69, 9.17) is 14.2 Å². The number of nitro benzene ring substituents is 1. The third-order valence-corrected chi connectivity index (χ3v) is 4.89. The predicted octanol–water partition coefficient (Wildman–Crippen LogP) is 3.65. The molecule has 0 saturated heterocycles. The molecule has 160 valence electrons. The van der Waals surface area contributed by atoms with Crippen LogP contribution in [0.5, 0.6) is 17.4 Å². The number of hydrogen-bond acceptors (Lipinski definition) is 7. The summed E-state index contributed by atoms with van der Waals surface area (Å²) >= 11 is 0. The normalized spacial score (nSPS) is 13.7. The van der Waals surface area contributed by atoms with Crippen molar-refractivity contribution in [2.24, 2.45) is 0 Å². The van der Waals surface area contributed by atoms with Crippen LogP contribution >= 0.6 is 0 Å². The molecule has 1 aliphatic carbocycles. The van der Waals surface area contributed by atoms with Crippen molar-refractivity contribution in [1.82, 2.24) is 10.3 Å². The number of benzene rings is 1. The molecular formula is C21H25N3O6. The lowest BCUT2D eigenvalue weighted by atomic mass is 10.1. The van der Waals surface area contributed by atoms with E-state index in [2.05, 4.69) is 10.3 Å². The van der Waals surface area contributed by atoms with Crippen LogP contribution in [-0.4, -0.2) is 35.6 Å². The third kappa shape index (κ3) is 4.97. The van der Waals surface area contributed by atoms with E-state index in [1.807, 2.05) is 6.07 Å². The molecule has 0 radical (unpaired) electrons. The molecule has 30 heavy (non-hydrogen) atoms. The summed E-state index contributed by atoms with van der Waals surface area (Å²) in [5.41, 5.74) is 0.242. The lowest BCUT2D eigenvalue weighted by molar-refractivity contribution is -0.385. The summed E-state index contributed by atoms with van der Waals surface area (Å²) in [6, 6.07) is 6.09. The first-order valence-electron chi connectivity index (χ1n) is 9.91. The molecule has 0 unspecified atom stereocenters. The summed E-state index contributed by atoms with van der Waals surface area (Å²) in [5, 5.41) is 14.2. The van der Waals surface area contributed by atoms with Gasteiger partial charge < -0.3 is 19.5 Å². The molecular weight excluding hydrogens is 390 g/mol. The lowest BCUT2D eigenvalue weighted by Gasteiger charge is -2.16. The van der Waals surface area contributed by atoms with Crippen LogP contribution < -0.4 is 19.5 Å². The average Bonchev–Trinajstić information content (AvgIpc) is 3.25. The fourth-order valence-corrected chi connectivity index (χ4v) is 3.41. The number of nitrogens with zero attached hydrogens (tertiary/aromatic N) is 2. The zero-order chi connectivity index (χ0) is 21.5. The first-order chi connectivity index (χ1) is 14.5. The van der Waals surface area contributed by atoms with Crippen LogP contribution in [0.4, 0.5) is 5.69 Å². The maximum atomic E-state index is 12.8. The van der Waals surface area contributed by atoms with Gasteiger partial charge >= 0.3 is 0 Å². The zero-order valence-electron chi connectivity index (χ0n) is 17.1. The molecule has 0 atom stereocenters. The highest BCUT2D eigenvalue weighted by molar-refractivity contribution is 5.99. The van der Waals surface area contributed by atoms with Gasteiger partial charge in [0.15, 0.2) is 11.5 Å². The molecule has 1 fully saturated rings. The number of hydrogen-bond donors (Lipinski definition) is 1. The molecule has 1 aromatic heterocycles. The summed E-state index contributed by atoms with van der Waals surface area (Å²) in [7, 11) is 1.38. The summed E-state index contributed by atoms with van der Waals surface area (Å²) < 4.78 is 16.6. The van der Waals surface area contributed by atoms with Crippen LogP contribution in [0.1, 0.15) is 48.5 Å². The molecule has 3 rings (SSSR count). The van der Waals surface area contributed by atoms with Crippen molar-refractivity contribution < 1.29 is 23.9 Å². The fourth-order valence-electron chi connectivity index (χ4n) is 3.41. The zero-order valence-corrected chi connectivity index (χ0v) is 17.1. The van der Waals surface area contributed by atoms with E-state index in [0.29, 0.717) is 18.1 Å². The van der Waals surface area contributed by atoms with Gasteiger partial charge in [-0.2, -0.15) is 0 Å². The van der Waals surface area contributed by atoms with E-state index < -0.39 is 10.8 Å². The second-order valence-electron chi connectivity index (χ2n) is 6.89. The van der Waals surface area contributed by atoms with Gasteiger partial charge in [0.05, 0.1) is 24.7 Å². The molecule has 1 amide bonds. The molecule has 1 heterocycles. The summed E-state index contributed by atoms with van der Waals surface area (Å²) in [4.78, 5) is 27.9. The van der Waals surface area contributed by atoms with Gasteiger partial charge in [0, 0.05) is 24.4 Å². The average molecular weight is 415 g/mol. The van der Waals surface area contributed by atoms with Gasteiger partial charge in [-0.3, -0.25) is 14.9 Å². The Morgan fingerprint density at radius 3 is 2.73 bits per heavy atom. The molecule has 0 aliphatic heterocycles. The minimum atomic E-state index is -0.619. The second-order valence-corrected chi connectivity index (χ2v) is 6.89. The van der Waals surface area contributed by atoms with Gasteiger partial charge in [-0.05, 0) is 38.7 Å². The van der Waals surface area contributed by atoms with E-state index in [9.17, 15) is 14.9 Å². The first kappa shape index (κ1) is 21.4. The number of pyridine rings is 1. The van der Waals surface area contributed by atoms with E-state index >= 15 is 0 Å². The Kier molecular flexibility index (Phi) is 7.05. The van der Waals surface area contributed by atoms with Gasteiger partial charge in [0.2, 0.25) is 5.88 Å². The Hall–Kier alpha value is -3.36. The van der Waals surface area contributed by atoms with Crippen LogP contribution in [0, 0.1) is 10.1 Å². The molecule has 9 nitrogen and oxygen atoms in total.